The highest BCUT2D eigenvalue weighted by Crippen LogP contribution is 2.53. The number of hydrogen-bond acceptors (Lipinski definition) is 4. The normalized spacial score (nSPS) is 11.8. The van der Waals surface area contributed by atoms with Gasteiger partial charge in [0.25, 0.3) is 0 Å². The first kappa shape index (κ1) is 43.9. The van der Waals surface area contributed by atoms with Crippen molar-refractivity contribution in [2.45, 2.75) is 0 Å². The smallest absolute Gasteiger partial charge is 0.137 e. The zero-order valence-corrected chi connectivity index (χ0v) is 42.3. The molecule has 2 heterocycles. The van der Waals surface area contributed by atoms with Crippen LogP contribution in [-0.2, 0) is 0 Å². The molecule has 0 radical (unpaired) electrons. The van der Waals surface area contributed by atoms with Crippen molar-refractivity contribution in [3.63, 3.8) is 0 Å². The fraction of sp³-hybridized carbons (Fsp3) is 0. The molecule has 4 heteroatoms. The number of anilines is 6. The van der Waals surface area contributed by atoms with Crippen molar-refractivity contribution in [2.75, 3.05) is 9.80 Å². The summed E-state index contributed by atoms with van der Waals surface area (Å²) in [6.07, 6.45) is 5.63. The van der Waals surface area contributed by atoms with Gasteiger partial charge in [0.05, 0.1) is 5.69 Å². The molecule has 0 N–H and O–H groups in total. The number of benzene rings is 12. The third-order valence-corrected chi connectivity index (χ3v) is 16.3. The van der Waals surface area contributed by atoms with Crippen molar-refractivity contribution in [1.29, 1.82) is 0 Å². The van der Waals surface area contributed by atoms with Gasteiger partial charge in [-0.15, -0.1) is 0 Å². The molecule has 0 spiro atoms. The van der Waals surface area contributed by atoms with Crippen LogP contribution in [0, 0.1) is 0 Å². The van der Waals surface area contributed by atoms with Crippen molar-refractivity contribution >= 4 is 77.3 Å². The summed E-state index contributed by atoms with van der Waals surface area (Å²) in [5, 5.41) is 9.91. The molecule has 2 aliphatic carbocycles. The fourth-order valence-electron chi connectivity index (χ4n) is 12.7. The van der Waals surface area contributed by atoms with Gasteiger partial charge in [-0.05, 0) is 194 Å². The number of aromatic nitrogens is 2. The lowest BCUT2D eigenvalue weighted by Crippen LogP contribution is -2.11. The summed E-state index contributed by atoms with van der Waals surface area (Å²) >= 11 is 0. The minimum atomic E-state index is 0.871. The van der Waals surface area contributed by atoms with E-state index < -0.39 is 0 Å². The highest BCUT2D eigenvalue weighted by Gasteiger charge is 2.26. The van der Waals surface area contributed by atoms with Crippen molar-refractivity contribution in [1.82, 2.24) is 9.97 Å². The summed E-state index contributed by atoms with van der Waals surface area (Å²) < 4.78 is 0. The van der Waals surface area contributed by atoms with Crippen molar-refractivity contribution in [3.05, 3.63) is 279 Å². The molecule has 0 fully saturated rings. The number of fused-ring (bicyclic) bond motifs is 8. The highest BCUT2D eigenvalue weighted by atomic mass is 15.2. The minimum Gasteiger partial charge on any atom is -0.310 e. The molecule has 0 bridgehead atoms. The van der Waals surface area contributed by atoms with Gasteiger partial charge in [-0.2, -0.15) is 0 Å². The Morgan fingerprint density at radius 2 is 0.744 bits per heavy atom. The van der Waals surface area contributed by atoms with E-state index in [0.717, 1.165) is 39.8 Å². The van der Waals surface area contributed by atoms with Crippen molar-refractivity contribution in [2.24, 2.45) is 0 Å². The molecule has 14 aromatic rings. The van der Waals surface area contributed by atoms with E-state index in [1.54, 1.807) is 0 Å². The van der Waals surface area contributed by atoms with Crippen LogP contribution in [0.5, 0.6) is 0 Å². The van der Waals surface area contributed by atoms with Gasteiger partial charge in [0.1, 0.15) is 5.82 Å². The lowest BCUT2D eigenvalue weighted by molar-refractivity contribution is 1.18. The first-order valence-electron chi connectivity index (χ1n) is 26.7. The largest absolute Gasteiger partial charge is 0.310 e. The topological polar surface area (TPSA) is 32.3 Å². The number of pyridine rings is 2. The molecule has 0 saturated heterocycles. The predicted molar refractivity (Wildman–Crippen MR) is 327 cm³/mol. The van der Waals surface area contributed by atoms with E-state index in [2.05, 4.69) is 264 Å². The SMILES string of the molecule is c1ccc(N(c2ccc(-c3ccc4c5c(cccc35)-c3cc(-c5cc(N(c6ccncc6)c6ccc(-c7ccc8c9c(cccc79)-c7ccccc7-8)cc6)c6ccccc6c5)ccc3-4)cc2)c2ccc3ccccc3c2)nc1. The van der Waals surface area contributed by atoms with Gasteiger partial charge in [0.2, 0.25) is 0 Å². The molecule has 12 aromatic carbocycles. The van der Waals surface area contributed by atoms with Crippen LogP contribution >= 0.6 is 0 Å². The second-order valence-corrected chi connectivity index (χ2v) is 20.5. The van der Waals surface area contributed by atoms with Crippen LogP contribution in [0.2, 0.25) is 0 Å². The van der Waals surface area contributed by atoms with Crippen LogP contribution in [0.1, 0.15) is 0 Å². The summed E-state index contributed by atoms with van der Waals surface area (Å²) in [5.74, 6) is 0.871. The Bertz CT molecular complexity index is 4690. The second kappa shape index (κ2) is 17.6. The van der Waals surface area contributed by atoms with Gasteiger partial charge >= 0.3 is 0 Å². The monoisotopic (exact) mass is 990 g/mol. The molecule has 0 amide bonds. The molecule has 362 valence electrons. The zero-order valence-electron chi connectivity index (χ0n) is 42.3. The van der Waals surface area contributed by atoms with E-state index in [9.17, 15) is 0 Å². The number of hydrogen-bond donors (Lipinski definition) is 0. The molecule has 0 saturated carbocycles. The van der Waals surface area contributed by atoms with Crippen molar-refractivity contribution < 1.29 is 0 Å². The molecule has 0 unspecified atom stereocenters. The summed E-state index contributed by atoms with van der Waals surface area (Å²) in [6, 6.07) is 95.6. The Labute approximate surface area is 452 Å². The Hall–Kier alpha value is -10.4. The van der Waals surface area contributed by atoms with E-state index in [0.29, 0.717) is 0 Å². The van der Waals surface area contributed by atoms with Crippen LogP contribution in [0.3, 0.4) is 0 Å². The van der Waals surface area contributed by atoms with E-state index in [1.807, 2.05) is 30.7 Å². The molecule has 78 heavy (non-hydrogen) atoms. The lowest BCUT2D eigenvalue weighted by Gasteiger charge is -2.27. The van der Waals surface area contributed by atoms with Crippen LogP contribution in [0.4, 0.5) is 34.3 Å². The van der Waals surface area contributed by atoms with Gasteiger partial charge in [-0.25, -0.2) is 4.98 Å². The Morgan fingerprint density at radius 1 is 0.244 bits per heavy atom. The highest BCUT2D eigenvalue weighted by molar-refractivity contribution is 6.20. The third kappa shape index (κ3) is 6.94. The van der Waals surface area contributed by atoms with Crippen molar-refractivity contribution in [3.8, 4) is 77.9 Å². The quantitative estimate of drug-likeness (QED) is 0.144. The van der Waals surface area contributed by atoms with E-state index in [-0.39, 0.29) is 0 Å². The van der Waals surface area contributed by atoms with Gasteiger partial charge in [-0.1, -0.05) is 182 Å². The maximum Gasteiger partial charge on any atom is 0.137 e. The predicted octanol–water partition coefficient (Wildman–Crippen LogP) is 20.3. The molecular weight excluding hydrogens is 945 g/mol. The summed E-state index contributed by atoms with van der Waals surface area (Å²) in [7, 11) is 0. The number of nitrogens with zero attached hydrogens (tertiary/aromatic N) is 4. The maximum atomic E-state index is 4.80. The standard InChI is InChI=1S/C74H46N4/c1-2-12-50-44-57(32-22-47(50)11-1)78(72-21-7-8-40-76-72)55-30-25-49(26-31-55)59-35-37-69-63-33-27-51(45-70(63)67-20-10-18-65(59)74(67)69)53-43-52-13-3-4-14-60(52)71(46-53)77(56-38-41-75-42-39-56)54-28-23-48(24-29-54)58-34-36-68-62-16-6-5-15-61(62)66-19-9-17-64(58)73(66)68/h1-46H. The average molecular weight is 991 g/mol. The van der Waals surface area contributed by atoms with Gasteiger partial charge < -0.3 is 4.90 Å². The Balaban J connectivity index is 0.762. The first-order chi connectivity index (χ1) is 38.7. The average Bonchev–Trinajstić information content (AvgIpc) is 4.24. The Kier molecular flexibility index (Phi) is 9.91. The van der Waals surface area contributed by atoms with Gasteiger partial charge in [-0.3, -0.25) is 9.88 Å². The van der Waals surface area contributed by atoms with Crippen LogP contribution in [0.15, 0.2) is 279 Å². The number of rotatable bonds is 9. The van der Waals surface area contributed by atoms with Crippen LogP contribution < -0.4 is 9.80 Å². The third-order valence-electron chi connectivity index (χ3n) is 16.3. The molecular formula is C74H46N4. The van der Waals surface area contributed by atoms with Crippen LogP contribution in [0.25, 0.3) is 121 Å². The first-order valence-corrected chi connectivity index (χ1v) is 26.7. The van der Waals surface area contributed by atoms with Crippen LogP contribution in [-0.4, -0.2) is 9.97 Å². The van der Waals surface area contributed by atoms with E-state index >= 15 is 0 Å². The van der Waals surface area contributed by atoms with E-state index in [1.165, 1.54) is 115 Å². The molecule has 2 aromatic heterocycles. The summed E-state index contributed by atoms with van der Waals surface area (Å²) in [4.78, 5) is 13.9. The zero-order chi connectivity index (χ0) is 51.3. The van der Waals surface area contributed by atoms with Gasteiger partial charge in [0, 0.05) is 46.7 Å². The molecule has 0 atom stereocenters. The molecule has 4 nitrogen and oxygen atoms in total. The van der Waals surface area contributed by atoms with Gasteiger partial charge in [0.15, 0.2) is 0 Å². The molecule has 0 aliphatic heterocycles. The van der Waals surface area contributed by atoms with E-state index in [4.69, 9.17) is 4.98 Å². The summed E-state index contributed by atoms with van der Waals surface area (Å²) in [5.41, 5.74) is 22.8. The lowest BCUT2D eigenvalue weighted by atomic mass is 9.94. The second-order valence-electron chi connectivity index (χ2n) is 20.5. The fourth-order valence-corrected chi connectivity index (χ4v) is 12.7. The molecule has 2 aliphatic rings. The Morgan fingerprint density at radius 3 is 1.42 bits per heavy atom. The molecule has 16 rings (SSSR count). The minimum absolute atomic E-state index is 0.871. The summed E-state index contributed by atoms with van der Waals surface area (Å²) in [6.45, 7) is 0. The maximum absolute atomic E-state index is 4.80.